The number of ether oxygens (including phenoxy) is 1. The molecule has 3 heterocycles. The van der Waals surface area contributed by atoms with Crippen LogP contribution in [-0.2, 0) is 9.53 Å². The van der Waals surface area contributed by atoms with Gasteiger partial charge in [0.1, 0.15) is 11.6 Å². The van der Waals surface area contributed by atoms with Gasteiger partial charge in [-0.15, -0.1) is 0 Å². The van der Waals surface area contributed by atoms with E-state index >= 15 is 0 Å². The minimum atomic E-state index is -0.528. The molecule has 132 valence electrons. The lowest BCUT2D eigenvalue weighted by molar-refractivity contribution is -0.116. The van der Waals surface area contributed by atoms with E-state index in [4.69, 9.17) is 16.3 Å². The van der Waals surface area contributed by atoms with E-state index in [-0.39, 0.29) is 29.0 Å². The van der Waals surface area contributed by atoms with Crippen LogP contribution in [0.3, 0.4) is 0 Å². The van der Waals surface area contributed by atoms with Gasteiger partial charge in [0.05, 0.1) is 16.6 Å². The van der Waals surface area contributed by atoms with E-state index in [1.165, 1.54) is 12.1 Å². The molecule has 25 heavy (non-hydrogen) atoms. The fourth-order valence-corrected chi connectivity index (χ4v) is 3.80. The SMILES string of the molecule is O=C1C[C@@H](c2ccc(F)c(Cl)c2)c2c(n(C3CCOCC3)[nH]c2=O)N1. The quantitative estimate of drug-likeness (QED) is 0.859. The molecule has 2 aromatic rings. The summed E-state index contributed by atoms with van der Waals surface area (Å²) in [6, 6.07) is 4.38. The molecule has 2 N–H and O–H groups in total. The zero-order chi connectivity index (χ0) is 17.6. The molecule has 6 nitrogen and oxygen atoms in total. The van der Waals surface area contributed by atoms with Crippen molar-refractivity contribution in [1.82, 2.24) is 9.78 Å². The van der Waals surface area contributed by atoms with Crippen LogP contribution in [0.1, 0.15) is 42.3 Å². The zero-order valence-electron chi connectivity index (χ0n) is 13.4. The monoisotopic (exact) mass is 365 g/mol. The fourth-order valence-electron chi connectivity index (χ4n) is 3.62. The van der Waals surface area contributed by atoms with Crippen LogP contribution >= 0.6 is 11.6 Å². The van der Waals surface area contributed by atoms with Crippen molar-refractivity contribution in [2.75, 3.05) is 18.5 Å². The van der Waals surface area contributed by atoms with Gasteiger partial charge >= 0.3 is 0 Å². The summed E-state index contributed by atoms with van der Waals surface area (Å²) in [6.07, 6.45) is 1.65. The van der Waals surface area contributed by atoms with Gasteiger partial charge in [0.2, 0.25) is 5.91 Å². The number of amides is 1. The van der Waals surface area contributed by atoms with Crippen molar-refractivity contribution in [2.24, 2.45) is 0 Å². The number of hydrogen-bond donors (Lipinski definition) is 2. The van der Waals surface area contributed by atoms with Gasteiger partial charge in [-0.2, -0.15) is 0 Å². The van der Waals surface area contributed by atoms with E-state index in [1.54, 1.807) is 10.7 Å². The molecule has 1 amide bonds. The van der Waals surface area contributed by atoms with Gasteiger partial charge in [0.25, 0.3) is 5.56 Å². The van der Waals surface area contributed by atoms with Gasteiger partial charge in [-0.25, -0.2) is 4.39 Å². The van der Waals surface area contributed by atoms with Crippen LogP contribution < -0.4 is 10.9 Å². The average Bonchev–Trinajstić information content (AvgIpc) is 2.94. The Morgan fingerprint density at radius 1 is 1.24 bits per heavy atom. The van der Waals surface area contributed by atoms with Gasteiger partial charge in [0.15, 0.2) is 0 Å². The first-order valence-electron chi connectivity index (χ1n) is 8.21. The maximum Gasteiger partial charge on any atom is 0.270 e. The van der Waals surface area contributed by atoms with Crippen LogP contribution in [0.5, 0.6) is 0 Å². The summed E-state index contributed by atoms with van der Waals surface area (Å²) in [5.74, 6) is -0.664. The van der Waals surface area contributed by atoms with Crippen molar-refractivity contribution in [3.8, 4) is 0 Å². The van der Waals surface area contributed by atoms with Gasteiger partial charge < -0.3 is 10.1 Å². The molecule has 1 saturated heterocycles. The molecular weight excluding hydrogens is 349 g/mol. The molecule has 0 radical (unpaired) electrons. The van der Waals surface area contributed by atoms with Gasteiger partial charge in [-0.3, -0.25) is 19.4 Å². The summed E-state index contributed by atoms with van der Waals surface area (Å²) in [7, 11) is 0. The molecule has 0 unspecified atom stereocenters. The van der Waals surface area contributed by atoms with Gasteiger partial charge in [-0.1, -0.05) is 17.7 Å². The number of nitrogens with one attached hydrogen (secondary N) is 2. The van der Waals surface area contributed by atoms with E-state index < -0.39 is 11.7 Å². The predicted octanol–water partition coefficient (Wildman–Crippen LogP) is 2.79. The third kappa shape index (κ3) is 2.87. The highest BCUT2D eigenvalue weighted by molar-refractivity contribution is 6.30. The number of carbonyl (C=O) groups excluding carboxylic acids is 1. The Kier molecular flexibility index (Phi) is 4.13. The highest BCUT2D eigenvalue weighted by Gasteiger charge is 2.34. The normalized spacial score (nSPS) is 21.0. The minimum absolute atomic E-state index is 0.0228. The smallest absolute Gasteiger partial charge is 0.270 e. The molecule has 1 aromatic heterocycles. The van der Waals surface area contributed by atoms with E-state index in [0.717, 1.165) is 12.8 Å². The molecule has 4 rings (SSSR count). The molecule has 1 aromatic carbocycles. The lowest BCUT2D eigenvalue weighted by Gasteiger charge is -2.28. The fraction of sp³-hybridized carbons (Fsp3) is 0.412. The number of aromatic amines is 1. The Labute approximate surface area is 147 Å². The van der Waals surface area contributed by atoms with E-state index in [1.807, 2.05) is 0 Å². The van der Waals surface area contributed by atoms with Crippen LogP contribution in [0.25, 0.3) is 0 Å². The van der Waals surface area contributed by atoms with E-state index in [9.17, 15) is 14.0 Å². The molecule has 8 heteroatoms. The number of anilines is 1. The Balaban J connectivity index is 1.80. The standard InChI is InChI=1S/C17H17ClFN3O3/c18-12-7-9(1-2-13(12)19)11-8-14(23)20-16-15(11)17(24)21-22(16)10-3-5-25-6-4-10/h1-2,7,10-11H,3-6,8H2,(H,20,23)(H,21,24)/t11-/m0/s1. The molecule has 0 aliphatic carbocycles. The van der Waals surface area contributed by atoms with Gasteiger partial charge in [-0.05, 0) is 30.5 Å². The summed E-state index contributed by atoms with van der Waals surface area (Å²) in [5, 5.41) is 5.65. The van der Waals surface area contributed by atoms with Crippen molar-refractivity contribution >= 4 is 23.3 Å². The number of hydrogen-bond acceptors (Lipinski definition) is 3. The van der Waals surface area contributed by atoms with E-state index in [2.05, 4.69) is 10.4 Å². The van der Waals surface area contributed by atoms with Gasteiger partial charge in [0, 0.05) is 25.6 Å². The number of fused-ring (bicyclic) bond motifs is 1. The van der Waals surface area contributed by atoms with Crippen molar-refractivity contribution in [3.05, 3.63) is 50.5 Å². The molecule has 1 atom stereocenters. The summed E-state index contributed by atoms with van der Waals surface area (Å²) >= 11 is 5.88. The molecular formula is C17H17ClFN3O3. The molecule has 2 aliphatic rings. The number of halogens is 2. The zero-order valence-corrected chi connectivity index (χ0v) is 14.1. The number of rotatable bonds is 2. The van der Waals surface area contributed by atoms with Crippen molar-refractivity contribution < 1.29 is 13.9 Å². The van der Waals surface area contributed by atoms with Crippen LogP contribution in [0.4, 0.5) is 10.2 Å². The lowest BCUT2D eigenvalue weighted by atomic mass is 9.87. The topological polar surface area (TPSA) is 76.1 Å². The number of carbonyl (C=O) groups is 1. The van der Waals surface area contributed by atoms with Crippen molar-refractivity contribution in [3.63, 3.8) is 0 Å². The maximum absolute atomic E-state index is 13.5. The Morgan fingerprint density at radius 3 is 2.72 bits per heavy atom. The lowest BCUT2D eigenvalue weighted by Crippen LogP contribution is -2.28. The van der Waals surface area contributed by atoms with E-state index in [0.29, 0.717) is 30.2 Å². The molecule has 1 fully saturated rings. The molecule has 0 saturated carbocycles. The van der Waals surface area contributed by atoms with Crippen molar-refractivity contribution in [2.45, 2.75) is 31.2 Å². The van der Waals surface area contributed by atoms with Crippen LogP contribution in [-0.4, -0.2) is 28.9 Å². The Hall–Kier alpha value is -2.12. The summed E-state index contributed by atoms with van der Waals surface area (Å²) in [5.41, 5.74) is 0.901. The third-order valence-electron chi connectivity index (χ3n) is 4.86. The minimum Gasteiger partial charge on any atom is -0.381 e. The first-order valence-corrected chi connectivity index (χ1v) is 8.59. The number of nitrogens with zero attached hydrogens (tertiary/aromatic N) is 1. The predicted molar refractivity (Wildman–Crippen MR) is 90.6 cm³/mol. The maximum atomic E-state index is 13.5. The highest BCUT2D eigenvalue weighted by atomic mass is 35.5. The first kappa shape index (κ1) is 16.4. The highest BCUT2D eigenvalue weighted by Crippen LogP contribution is 2.38. The molecule has 2 aliphatic heterocycles. The summed E-state index contributed by atoms with van der Waals surface area (Å²) in [4.78, 5) is 24.8. The van der Waals surface area contributed by atoms with Crippen LogP contribution in [0.15, 0.2) is 23.0 Å². The largest absolute Gasteiger partial charge is 0.381 e. The Bertz CT molecular complexity index is 886. The molecule has 0 spiro atoms. The Morgan fingerprint density at radius 2 is 2.00 bits per heavy atom. The van der Waals surface area contributed by atoms with Crippen LogP contribution in [0, 0.1) is 5.82 Å². The molecule has 0 bridgehead atoms. The second-order valence-electron chi connectivity index (χ2n) is 6.40. The van der Waals surface area contributed by atoms with Crippen LogP contribution in [0.2, 0.25) is 5.02 Å². The first-order chi connectivity index (χ1) is 12.0. The van der Waals surface area contributed by atoms with Crippen molar-refractivity contribution in [1.29, 1.82) is 0 Å². The third-order valence-corrected chi connectivity index (χ3v) is 5.15. The second-order valence-corrected chi connectivity index (χ2v) is 6.80. The second kappa shape index (κ2) is 6.31. The summed E-state index contributed by atoms with van der Waals surface area (Å²) in [6.45, 7) is 1.23. The average molecular weight is 366 g/mol. The number of benzene rings is 1. The number of aromatic nitrogens is 2. The summed E-state index contributed by atoms with van der Waals surface area (Å²) < 4.78 is 20.6. The number of H-pyrrole nitrogens is 1.